The Hall–Kier alpha value is -2.66. The van der Waals surface area contributed by atoms with Gasteiger partial charge in [-0.15, -0.1) is 0 Å². The van der Waals surface area contributed by atoms with Gasteiger partial charge in [0.15, 0.2) is 0 Å². The number of benzene rings is 2. The molecule has 2 aromatic carbocycles. The van der Waals surface area contributed by atoms with Gasteiger partial charge in [0.1, 0.15) is 6.29 Å². The van der Waals surface area contributed by atoms with E-state index in [1.165, 1.54) is 47.1 Å². The normalized spacial score (nSPS) is 20.2. The molecule has 1 saturated carbocycles. The average Bonchev–Trinajstić information content (AvgIpc) is 3.12. The van der Waals surface area contributed by atoms with E-state index in [4.69, 9.17) is 5.10 Å². The zero-order chi connectivity index (χ0) is 21.2. The maximum Gasteiger partial charge on any atom is 0.133 e. The van der Waals surface area contributed by atoms with E-state index in [1.54, 1.807) is 0 Å². The second-order valence-electron chi connectivity index (χ2n) is 8.98. The molecule has 3 aromatic rings. The molecule has 5 rings (SSSR count). The second-order valence-corrected chi connectivity index (χ2v) is 8.98. The van der Waals surface area contributed by atoms with E-state index in [2.05, 4.69) is 69.9 Å². The molecule has 1 aliphatic carbocycles. The van der Waals surface area contributed by atoms with Gasteiger partial charge >= 0.3 is 0 Å². The predicted octanol–water partition coefficient (Wildman–Crippen LogP) is 4.26. The molecule has 5 heteroatoms. The van der Waals surface area contributed by atoms with Crippen LogP contribution in [0.15, 0.2) is 48.5 Å². The van der Waals surface area contributed by atoms with Crippen molar-refractivity contribution >= 4 is 22.9 Å². The Morgan fingerprint density at radius 3 is 2.65 bits per heavy atom. The first kappa shape index (κ1) is 20.3. The number of fused-ring (bicyclic) bond motifs is 1. The van der Waals surface area contributed by atoms with Gasteiger partial charge in [0.25, 0.3) is 0 Å². The molecule has 1 aromatic heterocycles. The fraction of sp³-hybridized carbons (Fsp3) is 0.462. The molecule has 0 amide bonds. The van der Waals surface area contributed by atoms with Crippen LogP contribution in [-0.2, 0) is 17.6 Å². The van der Waals surface area contributed by atoms with Crippen LogP contribution in [0.3, 0.4) is 0 Å². The number of rotatable bonds is 7. The van der Waals surface area contributed by atoms with Crippen LogP contribution < -0.4 is 4.90 Å². The van der Waals surface area contributed by atoms with Crippen molar-refractivity contribution in [2.75, 3.05) is 31.1 Å². The van der Waals surface area contributed by atoms with Crippen molar-refractivity contribution in [3.8, 4) is 0 Å². The quantitative estimate of drug-likeness (QED) is 0.540. The Morgan fingerprint density at radius 2 is 1.94 bits per heavy atom. The number of nitrogens with zero attached hydrogens (tertiary/aromatic N) is 4. The van der Waals surface area contributed by atoms with Crippen LogP contribution in [0.4, 0.5) is 5.69 Å². The van der Waals surface area contributed by atoms with Gasteiger partial charge in [-0.05, 0) is 55.9 Å². The first-order valence-electron chi connectivity index (χ1n) is 11.7. The average molecular weight is 417 g/mol. The molecule has 0 radical (unpaired) electrons. The molecule has 5 nitrogen and oxygen atoms in total. The lowest BCUT2D eigenvalue weighted by Gasteiger charge is -2.42. The third kappa shape index (κ3) is 3.99. The van der Waals surface area contributed by atoms with Gasteiger partial charge < -0.3 is 9.69 Å². The van der Waals surface area contributed by atoms with Crippen LogP contribution in [-0.4, -0.2) is 53.2 Å². The van der Waals surface area contributed by atoms with Gasteiger partial charge in [-0.2, -0.15) is 5.10 Å². The third-order valence-corrected chi connectivity index (χ3v) is 7.12. The lowest BCUT2D eigenvalue weighted by molar-refractivity contribution is -0.109. The topological polar surface area (TPSA) is 41.4 Å². The Labute approximate surface area is 184 Å². The summed E-state index contributed by atoms with van der Waals surface area (Å²) in [6.07, 6.45) is 6.78. The molecular weight excluding hydrogens is 384 g/mol. The smallest absolute Gasteiger partial charge is 0.133 e. The van der Waals surface area contributed by atoms with Crippen LogP contribution in [0.1, 0.15) is 43.5 Å². The van der Waals surface area contributed by atoms with Crippen LogP contribution in [0.2, 0.25) is 0 Å². The molecular formula is C26H32N4O. The van der Waals surface area contributed by atoms with E-state index in [-0.39, 0.29) is 0 Å². The Balaban J connectivity index is 1.42. The van der Waals surface area contributed by atoms with Crippen molar-refractivity contribution in [3.63, 3.8) is 0 Å². The number of hydrogen-bond acceptors (Lipinski definition) is 4. The maximum absolute atomic E-state index is 11.3. The molecule has 1 aliphatic heterocycles. The molecule has 2 aliphatic rings. The van der Waals surface area contributed by atoms with Gasteiger partial charge in [0.05, 0.1) is 23.8 Å². The van der Waals surface area contributed by atoms with E-state index >= 15 is 0 Å². The number of carbonyl (C=O) groups excluding carboxylic acids is 1. The fourth-order valence-electron chi connectivity index (χ4n) is 5.10. The van der Waals surface area contributed by atoms with E-state index in [1.807, 2.05) is 0 Å². The summed E-state index contributed by atoms with van der Waals surface area (Å²) in [6.45, 7) is 5.51. The van der Waals surface area contributed by atoms with Crippen molar-refractivity contribution in [1.82, 2.24) is 14.7 Å². The highest BCUT2D eigenvalue weighted by molar-refractivity contribution is 5.85. The van der Waals surface area contributed by atoms with Crippen molar-refractivity contribution in [3.05, 3.63) is 59.8 Å². The highest BCUT2D eigenvalue weighted by Crippen LogP contribution is 2.36. The Kier molecular flexibility index (Phi) is 5.77. The monoisotopic (exact) mass is 416 g/mol. The van der Waals surface area contributed by atoms with E-state index in [0.29, 0.717) is 18.6 Å². The molecule has 162 valence electrons. The molecule has 31 heavy (non-hydrogen) atoms. The minimum Gasteiger partial charge on any atom is -0.369 e. The molecule has 2 fully saturated rings. The van der Waals surface area contributed by atoms with E-state index < -0.39 is 0 Å². The van der Waals surface area contributed by atoms with Gasteiger partial charge in [-0.3, -0.25) is 9.58 Å². The predicted molar refractivity (Wildman–Crippen MR) is 126 cm³/mol. The zero-order valence-corrected chi connectivity index (χ0v) is 18.4. The first-order valence-corrected chi connectivity index (χ1v) is 11.7. The second kappa shape index (κ2) is 8.83. The molecule has 1 saturated heterocycles. The number of aryl methyl sites for hydroxylation is 1. The number of carbonyl (C=O) groups is 1. The summed E-state index contributed by atoms with van der Waals surface area (Å²) in [7, 11) is 0. The fourth-order valence-corrected chi connectivity index (χ4v) is 5.10. The summed E-state index contributed by atoms with van der Waals surface area (Å²) in [4.78, 5) is 16.1. The Morgan fingerprint density at radius 1 is 1.10 bits per heavy atom. The first-order chi connectivity index (χ1) is 15.3. The van der Waals surface area contributed by atoms with E-state index in [9.17, 15) is 4.79 Å². The zero-order valence-electron chi connectivity index (χ0n) is 18.4. The molecule has 0 bridgehead atoms. The van der Waals surface area contributed by atoms with Crippen molar-refractivity contribution < 1.29 is 4.79 Å². The summed E-state index contributed by atoms with van der Waals surface area (Å²) in [5, 5.41) is 6.28. The van der Waals surface area contributed by atoms with Crippen molar-refractivity contribution in [2.24, 2.45) is 0 Å². The highest BCUT2D eigenvalue weighted by atomic mass is 16.1. The SMILES string of the molecule is CCc1nn(C2CCC2)c2cc(N3CCN(CC=O)C(Cc4ccccc4)C3)ccc12. The summed E-state index contributed by atoms with van der Waals surface area (Å²) >= 11 is 0. The van der Waals surface area contributed by atoms with Gasteiger partial charge in [-0.1, -0.05) is 37.3 Å². The minimum absolute atomic E-state index is 0.333. The van der Waals surface area contributed by atoms with Crippen LogP contribution >= 0.6 is 0 Å². The van der Waals surface area contributed by atoms with Gasteiger partial charge in [-0.25, -0.2) is 0 Å². The lowest BCUT2D eigenvalue weighted by Crippen LogP contribution is -2.54. The lowest BCUT2D eigenvalue weighted by atomic mass is 9.93. The summed E-state index contributed by atoms with van der Waals surface area (Å²) < 4.78 is 2.30. The summed E-state index contributed by atoms with van der Waals surface area (Å²) in [5.41, 5.74) is 5.11. The number of piperazine rings is 1. The molecule has 1 atom stereocenters. The van der Waals surface area contributed by atoms with Crippen molar-refractivity contribution in [2.45, 2.75) is 51.1 Å². The standard InChI is InChI=1S/C26H32N4O/c1-2-25-24-12-11-22(18-26(24)30(27-25)21-9-6-10-21)29-14-13-28(15-16-31)23(19-29)17-20-7-4-3-5-8-20/h3-5,7-8,11-12,16,18,21,23H,2,6,9-10,13-15,17,19H2,1H3. The van der Waals surface area contributed by atoms with Crippen LogP contribution in [0.25, 0.3) is 10.9 Å². The van der Waals surface area contributed by atoms with Crippen LogP contribution in [0, 0.1) is 0 Å². The number of hydrogen-bond donors (Lipinski definition) is 0. The molecule has 1 unspecified atom stereocenters. The van der Waals surface area contributed by atoms with Crippen molar-refractivity contribution in [1.29, 1.82) is 0 Å². The number of aldehydes is 1. The summed E-state index contributed by atoms with van der Waals surface area (Å²) in [5.74, 6) is 0. The van der Waals surface area contributed by atoms with Crippen LogP contribution in [0.5, 0.6) is 0 Å². The van der Waals surface area contributed by atoms with E-state index in [0.717, 1.165) is 38.8 Å². The highest BCUT2D eigenvalue weighted by Gasteiger charge is 2.28. The molecule has 0 spiro atoms. The number of aromatic nitrogens is 2. The largest absolute Gasteiger partial charge is 0.369 e. The maximum atomic E-state index is 11.3. The summed E-state index contributed by atoms with van der Waals surface area (Å²) in [6, 6.07) is 18.4. The van der Waals surface area contributed by atoms with Gasteiger partial charge in [0, 0.05) is 36.7 Å². The van der Waals surface area contributed by atoms with Gasteiger partial charge in [0.2, 0.25) is 0 Å². The minimum atomic E-state index is 0.333. The Bertz CT molecular complexity index is 1040. The molecule has 0 N–H and O–H groups in total. The third-order valence-electron chi connectivity index (χ3n) is 7.12. The molecule has 2 heterocycles. The number of anilines is 1.